The number of anilines is 1. The highest BCUT2D eigenvalue weighted by Crippen LogP contribution is 2.24. The van der Waals surface area contributed by atoms with Gasteiger partial charge in [-0.15, -0.1) is 0 Å². The predicted octanol–water partition coefficient (Wildman–Crippen LogP) is 3.41. The molecule has 0 saturated heterocycles. The molecule has 0 aliphatic rings. The van der Waals surface area contributed by atoms with E-state index < -0.39 is 15.8 Å². The van der Waals surface area contributed by atoms with Gasteiger partial charge in [0, 0.05) is 26.7 Å². The first kappa shape index (κ1) is 16.4. The van der Waals surface area contributed by atoms with Crippen LogP contribution in [0.3, 0.4) is 0 Å². The third-order valence-electron chi connectivity index (χ3n) is 2.71. The Hall–Kier alpha value is -0.960. The average Bonchev–Trinajstić information content (AvgIpc) is 2.39. The van der Waals surface area contributed by atoms with Crippen LogP contribution in [0.25, 0.3) is 0 Å². The molecular formula is C13H11Br2FN2O2S. The van der Waals surface area contributed by atoms with Crippen LogP contribution in [0.15, 0.2) is 50.2 Å². The Morgan fingerprint density at radius 3 is 2.52 bits per heavy atom. The first-order chi connectivity index (χ1) is 9.79. The fraction of sp³-hybridized carbons (Fsp3) is 0.0769. The second-order valence-corrected chi connectivity index (χ2v) is 7.76. The van der Waals surface area contributed by atoms with E-state index in [-0.39, 0.29) is 17.0 Å². The molecule has 0 spiro atoms. The van der Waals surface area contributed by atoms with Crippen molar-refractivity contribution in [2.75, 3.05) is 5.73 Å². The molecule has 0 aliphatic carbocycles. The van der Waals surface area contributed by atoms with Crippen LogP contribution in [-0.4, -0.2) is 8.42 Å². The molecule has 0 bridgehead atoms. The predicted molar refractivity (Wildman–Crippen MR) is 86.7 cm³/mol. The van der Waals surface area contributed by atoms with E-state index in [0.717, 1.165) is 0 Å². The summed E-state index contributed by atoms with van der Waals surface area (Å²) in [4.78, 5) is 0.0482. The molecule has 0 atom stereocenters. The first-order valence-corrected chi connectivity index (χ1v) is 8.85. The second kappa shape index (κ2) is 6.43. The highest BCUT2D eigenvalue weighted by molar-refractivity contribution is 9.10. The van der Waals surface area contributed by atoms with Gasteiger partial charge in [-0.05, 0) is 52.3 Å². The van der Waals surface area contributed by atoms with Crippen molar-refractivity contribution < 1.29 is 12.8 Å². The van der Waals surface area contributed by atoms with Gasteiger partial charge in [0.05, 0.1) is 4.90 Å². The normalized spacial score (nSPS) is 11.6. The molecule has 0 radical (unpaired) electrons. The van der Waals surface area contributed by atoms with Crippen molar-refractivity contribution in [1.82, 2.24) is 4.72 Å². The van der Waals surface area contributed by atoms with Crippen molar-refractivity contribution in [2.45, 2.75) is 11.4 Å². The Bertz CT molecular complexity index is 782. The molecule has 0 aliphatic heterocycles. The number of sulfonamides is 1. The van der Waals surface area contributed by atoms with Gasteiger partial charge in [0.1, 0.15) is 5.82 Å². The summed E-state index contributed by atoms with van der Waals surface area (Å²) in [5.41, 5.74) is 6.27. The maximum absolute atomic E-state index is 13.6. The van der Waals surface area contributed by atoms with Gasteiger partial charge in [-0.2, -0.15) is 0 Å². The van der Waals surface area contributed by atoms with Gasteiger partial charge < -0.3 is 5.73 Å². The van der Waals surface area contributed by atoms with Crippen LogP contribution >= 0.6 is 31.9 Å². The molecule has 21 heavy (non-hydrogen) atoms. The Balaban J connectivity index is 2.24. The van der Waals surface area contributed by atoms with Crippen LogP contribution in [0.1, 0.15) is 5.56 Å². The number of halogens is 3. The lowest BCUT2D eigenvalue weighted by molar-refractivity contribution is 0.574. The van der Waals surface area contributed by atoms with Gasteiger partial charge >= 0.3 is 0 Å². The van der Waals surface area contributed by atoms with Gasteiger partial charge in [-0.1, -0.05) is 15.9 Å². The number of benzene rings is 2. The lowest BCUT2D eigenvalue weighted by Gasteiger charge is -2.10. The van der Waals surface area contributed by atoms with Crippen molar-refractivity contribution in [3.8, 4) is 0 Å². The van der Waals surface area contributed by atoms with Crippen LogP contribution < -0.4 is 10.5 Å². The number of rotatable bonds is 4. The zero-order chi connectivity index (χ0) is 15.6. The van der Waals surface area contributed by atoms with Crippen LogP contribution in [0.4, 0.5) is 10.1 Å². The van der Waals surface area contributed by atoms with Crippen LogP contribution in [0.5, 0.6) is 0 Å². The number of hydrogen-bond acceptors (Lipinski definition) is 3. The van der Waals surface area contributed by atoms with Gasteiger partial charge in [0.15, 0.2) is 0 Å². The van der Waals surface area contributed by atoms with E-state index in [1.807, 2.05) is 0 Å². The van der Waals surface area contributed by atoms with E-state index in [0.29, 0.717) is 14.6 Å². The lowest BCUT2D eigenvalue weighted by Crippen LogP contribution is -2.24. The van der Waals surface area contributed by atoms with Gasteiger partial charge in [-0.25, -0.2) is 17.5 Å². The van der Waals surface area contributed by atoms with E-state index >= 15 is 0 Å². The minimum Gasteiger partial charge on any atom is -0.399 e. The molecule has 3 N–H and O–H groups in total. The molecule has 4 nitrogen and oxygen atoms in total. The number of nitrogens with one attached hydrogen (secondary N) is 1. The summed E-state index contributed by atoms with van der Waals surface area (Å²) >= 11 is 6.37. The van der Waals surface area contributed by atoms with Gasteiger partial charge in [0.25, 0.3) is 0 Å². The molecule has 2 rings (SSSR count). The Labute approximate surface area is 138 Å². The molecule has 0 unspecified atom stereocenters. The first-order valence-electron chi connectivity index (χ1n) is 5.78. The molecule has 0 aromatic heterocycles. The summed E-state index contributed by atoms with van der Waals surface area (Å²) in [6.07, 6.45) is 0. The summed E-state index contributed by atoms with van der Waals surface area (Å²) in [6, 6.07) is 8.71. The van der Waals surface area contributed by atoms with Crippen LogP contribution in [0, 0.1) is 5.82 Å². The fourth-order valence-electron chi connectivity index (χ4n) is 1.66. The van der Waals surface area contributed by atoms with E-state index in [9.17, 15) is 12.8 Å². The molecule has 2 aromatic rings. The standard InChI is InChI=1S/C13H11Br2FN2O2S/c14-9-1-3-12(16)8(5-9)7-18-21(19,20)13-4-2-10(17)6-11(13)15/h1-6,18H,7,17H2. The number of nitrogen functional groups attached to an aromatic ring is 1. The Morgan fingerprint density at radius 2 is 1.86 bits per heavy atom. The summed E-state index contributed by atoms with van der Waals surface area (Å²) < 4.78 is 41.4. The summed E-state index contributed by atoms with van der Waals surface area (Å²) in [5, 5.41) is 0. The van der Waals surface area contributed by atoms with Crippen molar-refractivity contribution in [3.63, 3.8) is 0 Å². The lowest BCUT2D eigenvalue weighted by atomic mass is 10.2. The van der Waals surface area contributed by atoms with Gasteiger partial charge in [-0.3, -0.25) is 0 Å². The molecule has 2 aromatic carbocycles. The van der Waals surface area contributed by atoms with Crippen molar-refractivity contribution in [1.29, 1.82) is 0 Å². The maximum atomic E-state index is 13.6. The third-order valence-corrected chi connectivity index (χ3v) is 5.58. The van der Waals surface area contributed by atoms with Crippen LogP contribution in [0.2, 0.25) is 0 Å². The van der Waals surface area contributed by atoms with Crippen molar-refractivity contribution >= 4 is 47.6 Å². The molecular weight excluding hydrogens is 427 g/mol. The Kier molecular flexibility index (Phi) is 5.03. The monoisotopic (exact) mass is 436 g/mol. The largest absolute Gasteiger partial charge is 0.399 e. The van der Waals surface area contributed by atoms with Crippen molar-refractivity contribution in [3.05, 3.63) is 56.7 Å². The van der Waals surface area contributed by atoms with Crippen LogP contribution in [-0.2, 0) is 16.6 Å². The minimum absolute atomic E-state index is 0.0482. The highest BCUT2D eigenvalue weighted by atomic mass is 79.9. The summed E-state index contributed by atoms with van der Waals surface area (Å²) in [6.45, 7) is -0.148. The second-order valence-electron chi connectivity index (χ2n) is 4.25. The fourth-order valence-corrected chi connectivity index (χ4v) is 4.17. The number of hydrogen-bond donors (Lipinski definition) is 2. The van der Waals surface area contributed by atoms with E-state index in [4.69, 9.17) is 5.73 Å². The zero-order valence-corrected chi connectivity index (χ0v) is 14.6. The molecule has 0 amide bonds. The number of nitrogens with two attached hydrogens (primary N) is 1. The molecule has 0 heterocycles. The van der Waals surface area contributed by atoms with Gasteiger partial charge in [0.2, 0.25) is 10.0 Å². The van der Waals surface area contributed by atoms with E-state index in [2.05, 4.69) is 36.6 Å². The molecule has 0 fully saturated rings. The Morgan fingerprint density at radius 1 is 1.14 bits per heavy atom. The molecule has 8 heteroatoms. The van der Waals surface area contributed by atoms with E-state index in [1.54, 1.807) is 6.07 Å². The minimum atomic E-state index is -3.77. The topological polar surface area (TPSA) is 72.2 Å². The average molecular weight is 438 g/mol. The third kappa shape index (κ3) is 4.03. The van der Waals surface area contributed by atoms with Crippen molar-refractivity contribution in [2.24, 2.45) is 0 Å². The summed E-state index contributed by atoms with van der Waals surface area (Å²) in [7, 11) is -3.77. The molecule has 112 valence electrons. The summed E-state index contributed by atoms with van der Waals surface area (Å²) in [5.74, 6) is -0.475. The van der Waals surface area contributed by atoms with E-state index in [1.165, 1.54) is 30.3 Å². The maximum Gasteiger partial charge on any atom is 0.241 e. The highest BCUT2D eigenvalue weighted by Gasteiger charge is 2.18. The quantitative estimate of drug-likeness (QED) is 0.720. The smallest absolute Gasteiger partial charge is 0.241 e. The zero-order valence-electron chi connectivity index (χ0n) is 10.6. The SMILES string of the molecule is Nc1ccc(S(=O)(=O)NCc2cc(Br)ccc2F)c(Br)c1. The molecule has 0 saturated carbocycles.